The van der Waals surface area contributed by atoms with E-state index in [4.69, 9.17) is 23.8 Å². The molecule has 0 unspecified atom stereocenters. The van der Waals surface area contributed by atoms with Crippen LogP contribution in [0.15, 0.2) is 48.5 Å². The number of phenolic OH excluding ortho intramolecular Hbond substituents is 1. The van der Waals surface area contributed by atoms with Gasteiger partial charge in [-0.3, -0.25) is 10.1 Å². The summed E-state index contributed by atoms with van der Waals surface area (Å²) in [6.45, 7) is 0. The van der Waals surface area contributed by atoms with Crippen LogP contribution in [0.3, 0.4) is 0 Å². The number of carbonyl (C=O) groups excluding carboxylic acids is 1. The Kier molecular flexibility index (Phi) is 5.67. The summed E-state index contributed by atoms with van der Waals surface area (Å²) in [6, 6.07) is 10.1. The van der Waals surface area contributed by atoms with Gasteiger partial charge in [-0.2, -0.15) is 0 Å². The fraction of sp³-hybridized carbons (Fsp3) is 0. The minimum atomic E-state index is -0.464. The molecule has 118 valence electrons. The lowest BCUT2D eigenvalue weighted by Crippen LogP contribution is -2.32. The van der Waals surface area contributed by atoms with Crippen LogP contribution in [-0.4, -0.2) is 16.1 Å². The molecular weight excluding hydrogens is 339 g/mol. The van der Waals surface area contributed by atoms with E-state index in [0.29, 0.717) is 10.6 Å². The fourth-order valence-corrected chi connectivity index (χ4v) is 2.04. The number of amides is 1. The summed E-state index contributed by atoms with van der Waals surface area (Å²) in [4.78, 5) is 11.7. The Morgan fingerprint density at radius 2 is 1.91 bits per heavy atom. The Labute approximate surface area is 142 Å². The van der Waals surface area contributed by atoms with Gasteiger partial charge in [-0.1, -0.05) is 23.7 Å². The Balaban J connectivity index is 1.93. The molecule has 0 aliphatic rings. The highest BCUT2D eigenvalue weighted by molar-refractivity contribution is 7.80. The molecule has 2 rings (SSSR count). The van der Waals surface area contributed by atoms with Gasteiger partial charge in [0.05, 0.1) is 5.69 Å². The average Bonchev–Trinajstić information content (AvgIpc) is 2.50. The number of anilines is 1. The van der Waals surface area contributed by atoms with Gasteiger partial charge in [0, 0.05) is 11.1 Å². The molecule has 0 saturated heterocycles. The molecule has 7 heteroatoms. The van der Waals surface area contributed by atoms with Gasteiger partial charge in [-0.15, -0.1) is 0 Å². The largest absolute Gasteiger partial charge is 0.506 e. The molecule has 0 aromatic heterocycles. The quantitative estimate of drug-likeness (QED) is 0.448. The molecule has 0 saturated carbocycles. The number of benzene rings is 2. The third-order valence-corrected chi connectivity index (χ3v) is 3.18. The minimum absolute atomic E-state index is 0.0105. The van der Waals surface area contributed by atoms with Crippen LogP contribution >= 0.6 is 23.8 Å². The van der Waals surface area contributed by atoms with Crippen molar-refractivity contribution in [3.05, 3.63) is 64.9 Å². The van der Waals surface area contributed by atoms with Crippen LogP contribution in [0.1, 0.15) is 5.56 Å². The highest BCUT2D eigenvalue weighted by Gasteiger charge is 2.06. The van der Waals surface area contributed by atoms with Crippen molar-refractivity contribution in [2.45, 2.75) is 0 Å². The summed E-state index contributed by atoms with van der Waals surface area (Å²) in [7, 11) is 0. The molecule has 3 N–H and O–H groups in total. The van der Waals surface area contributed by atoms with Crippen molar-refractivity contribution in [2.24, 2.45) is 0 Å². The molecule has 0 aliphatic carbocycles. The van der Waals surface area contributed by atoms with Crippen molar-refractivity contribution in [1.82, 2.24) is 5.32 Å². The van der Waals surface area contributed by atoms with Crippen molar-refractivity contribution in [3.8, 4) is 5.75 Å². The van der Waals surface area contributed by atoms with Gasteiger partial charge in [0.25, 0.3) is 0 Å². The Morgan fingerprint density at radius 3 is 2.61 bits per heavy atom. The first kappa shape index (κ1) is 16.9. The summed E-state index contributed by atoms with van der Waals surface area (Å²) in [5.74, 6) is -0.862. The second-order valence-corrected chi connectivity index (χ2v) is 5.33. The van der Waals surface area contributed by atoms with Crippen molar-refractivity contribution < 1.29 is 14.3 Å². The standard InChI is InChI=1S/C16H12ClFN2O2S/c17-11-4-7-14(21)13(9-11)19-16(23)20-15(22)8-3-10-1-5-12(18)6-2-10/h1-9,21H,(H2,19,20,22,23). The van der Waals surface area contributed by atoms with E-state index in [1.807, 2.05) is 0 Å². The molecule has 0 radical (unpaired) electrons. The maximum atomic E-state index is 12.8. The average molecular weight is 351 g/mol. The van der Waals surface area contributed by atoms with E-state index < -0.39 is 5.91 Å². The zero-order valence-corrected chi connectivity index (χ0v) is 13.3. The molecule has 0 fully saturated rings. The second-order valence-electron chi connectivity index (χ2n) is 4.49. The van der Waals surface area contributed by atoms with Gasteiger partial charge in [-0.05, 0) is 54.2 Å². The summed E-state index contributed by atoms with van der Waals surface area (Å²) < 4.78 is 12.8. The second kappa shape index (κ2) is 7.71. The smallest absolute Gasteiger partial charge is 0.250 e. The van der Waals surface area contributed by atoms with Gasteiger partial charge in [0.1, 0.15) is 11.6 Å². The van der Waals surface area contributed by atoms with Gasteiger partial charge in [0.2, 0.25) is 5.91 Å². The molecule has 23 heavy (non-hydrogen) atoms. The van der Waals surface area contributed by atoms with Crippen molar-refractivity contribution in [3.63, 3.8) is 0 Å². The number of aromatic hydroxyl groups is 1. The van der Waals surface area contributed by atoms with Crippen LogP contribution in [-0.2, 0) is 4.79 Å². The summed E-state index contributed by atoms with van der Waals surface area (Å²) in [6.07, 6.45) is 2.79. The first-order valence-corrected chi connectivity index (χ1v) is 7.27. The van der Waals surface area contributed by atoms with E-state index >= 15 is 0 Å². The molecule has 0 heterocycles. The van der Waals surface area contributed by atoms with Gasteiger partial charge >= 0.3 is 0 Å². The molecule has 2 aromatic carbocycles. The SMILES string of the molecule is O=C(C=Cc1ccc(F)cc1)NC(=S)Nc1cc(Cl)ccc1O. The number of hydrogen-bond acceptors (Lipinski definition) is 3. The zero-order valence-electron chi connectivity index (χ0n) is 11.7. The summed E-state index contributed by atoms with van der Waals surface area (Å²) in [5.41, 5.74) is 0.957. The first-order chi connectivity index (χ1) is 10.9. The number of rotatable bonds is 3. The molecular formula is C16H12ClFN2O2S. The van der Waals surface area contributed by atoms with Crippen LogP contribution in [0.25, 0.3) is 6.08 Å². The van der Waals surface area contributed by atoms with E-state index in [1.54, 1.807) is 12.1 Å². The Hall–Kier alpha value is -2.44. The lowest BCUT2D eigenvalue weighted by atomic mass is 10.2. The normalized spacial score (nSPS) is 10.5. The Morgan fingerprint density at radius 1 is 1.22 bits per heavy atom. The van der Waals surface area contributed by atoms with Crippen molar-refractivity contribution in [1.29, 1.82) is 0 Å². The number of carbonyl (C=O) groups is 1. The van der Waals surface area contributed by atoms with Crippen LogP contribution in [0.4, 0.5) is 10.1 Å². The van der Waals surface area contributed by atoms with E-state index in [-0.39, 0.29) is 22.4 Å². The number of phenols is 1. The number of thiocarbonyl (C=S) groups is 1. The minimum Gasteiger partial charge on any atom is -0.506 e. The molecule has 2 aromatic rings. The summed E-state index contributed by atoms with van der Waals surface area (Å²) in [5, 5.41) is 15.2. The molecule has 0 aliphatic heterocycles. The highest BCUT2D eigenvalue weighted by Crippen LogP contribution is 2.26. The lowest BCUT2D eigenvalue weighted by Gasteiger charge is -2.10. The van der Waals surface area contributed by atoms with Crippen molar-refractivity contribution >= 4 is 46.6 Å². The van der Waals surface area contributed by atoms with E-state index in [1.165, 1.54) is 42.5 Å². The maximum absolute atomic E-state index is 12.8. The summed E-state index contributed by atoms with van der Waals surface area (Å²) >= 11 is 10.8. The maximum Gasteiger partial charge on any atom is 0.250 e. The molecule has 0 spiro atoms. The number of halogens is 2. The third-order valence-electron chi connectivity index (χ3n) is 2.74. The topological polar surface area (TPSA) is 61.4 Å². The molecule has 0 atom stereocenters. The van der Waals surface area contributed by atoms with E-state index in [2.05, 4.69) is 10.6 Å². The van der Waals surface area contributed by atoms with Crippen LogP contribution < -0.4 is 10.6 Å². The van der Waals surface area contributed by atoms with Gasteiger partial charge in [-0.25, -0.2) is 4.39 Å². The van der Waals surface area contributed by atoms with Crippen LogP contribution in [0, 0.1) is 5.82 Å². The van der Waals surface area contributed by atoms with E-state index in [9.17, 15) is 14.3 Å². The zero-order chi connectivity index (χ0) is 16.8. The van der Waals surface area contributed by atoms with Gasteiger partial charge in [0.15, 0.2) is 5.11 Å². The molecule has 4 nitrogen and oxygen atoms in total. The van der Waals surface area contributed by atoms with E-state index in [0.717, 1.165) is 0 Å². The van der Waals surface area contributed by atoms with Crippen LogP contribution in [0.5, 0.6) is 5.75 Å². The van der Waals surface area contributed by atoms with Crippen LogP contribution in [0.2, 0.25) is 5.02 Å². The monoisotopic (exact) mass is 350 g/mol. The lowest BCUT2D eigenvalue weighted by molar-refractivity contribution is -0.115. The van der Waals surface area contributed by atoms with Gasteiger partial charge < -0.3 is 10.4 Å². The molecule has 0 bridgehead atoms. The number of hydrogen-bond donors (Lipinski definition) is 3. The van der Waals surface area contributed by atoms with Crippen molar-refractivity contribution in [2.75, 3.05) is 5.32 Å². The Bertz CT molecular complexity index is 763. The fourth-order valence-electron chi connectivity index (χ4n) is 1.66. The molecule has 1 amide bonds. The first-order valence-electron chi connectivity index (χ1n) is 6.48. The number of nitrogens with one attached hydrogen (secondary N) is 2. The highest BCUT2D eigenvalue weighted by atomic mass is 35.5. The third kappa shape index (κ3) is 5.36. The predicted molar refractivity (Wildman–Crippen MR) is 92.9 cm³/mol. The predicted octanol–water partition coefficient (Wildman–Crippen LogP) is 3.71.